The smallest absolute Gasteiger partial charge is 0.270 e. The molecule has 6 heteroatoms. The van der Waals surface area contributed by atoms with Crippen LogP contribution in [0, 0.1) is 0 Å². The van der Waals surface area contributed by atoms with Crippen LogP contribution < -0.4 is 5.69 Å². The minimum atomic E-state index is -1.15. The van der Waals surface area contributed by atoms with Crippen LogP contribution in [0.2, 0.25) is 19.6 Å². The number of H-pyrrole nitrogens is 1. The van der Waals surface area contributed by atoms with Crippen LogP contribution in [0.15, 0.2) is 40.3 Å². The van der Waals surface area contributed by atoms with Crippen molar-refractivity contribution in [3.63, 3.8) is 0 Å². The second kappa shape index (κ2) is 6.45. The van der Waals surface area contributed by atoms with Gasteiger partial charge in [-0.15, -0.1) is 5.10 Å². The molecule has 1 aromatic heterocycles. The van der Waals surface area contributed by atoms with Gasteiger partial charge in [0.15, 0.2) is 5.16 Å². The molecule has 1 N–H and O–H groups in total. The SMILES string of the molecule is C[Si](C)(C)CSc1n[nH]c(=O)n1CCc1ccccc1. The molecule has 1 aromatic carbocycles. The summed E-state index contributed by atoms with van der Waals surface area (Å²) >= 11 is 1.69. The molecular formula is C14H21N3OSSi. The summed E-state index contributed by atoms with van der Waals surface area (Å²) in [5, 5.41) is 8.59. The van der Waals surface area contributed by atoms with Crippen molar-refractivity contribution < 1.29 is 0 Å². The number of hydrogen-bond acceptors (Lipinski definition) is 3. The number of rotatable bonds is 6. The highest BCUT2D eigenvalue weighted by Crippen LogP contribution is 2.19. The molecule has 1 heterocycles. The number of aromatic amines is 1. The molecule has 0 spiro atoms. The predicted octanol–water partition coefficient (Wildman–Crippen LogP) is 2.78. The van der Waals surface area contributed by atoms with E-state index in [1.165, 1.54) is 5.56 Å². The highest BCUT2D eigenvalue weighted by Gasteiger charge is 2.16. The second-order valence-electron chi connectivity index (χ2n) is 6.05. The summed E-state index contributed by atoms with van der Waals surface area (Å²) in [6, 6.07) is 10.2. The van der Waals surface area contributed by atoms with Crippen molar-refractivity contribution in [1.82, 2.24) is 14.8 Å². The fraction of sp³-hybridized carbons (Fsp3) is 0.429. The van der Waals surface area contributed by atoms with Crippen molar-refractivity contribution in [2.24, 2.45) is 0 Å². The average Bonchev–Trinajstić information content (AvgIpc) is 2.75. The molecule has 0 saturated heterocycles. The summed E-state index contributed by atoms with van der Waals surface area (Å²) in [5.41, 5.74) is 1.13. The van der Waals surface area contributed by atoms with Crippen LogP contribution in [0.1, 0.15) is 5.56 Å². The first-order valence-corrected chi connectivity index (χ1v) is 11.5. The van der Waals surface area contributed by atoms with Crippen LogP contribution in [-0.2, 0) is 13.0 Å². The molecular weight excluding hydrogens is 286 g/mol. The van der Waals surface area contributed by atoms with E-state index in [9.17, 15) is 4.79 Å². The number of thioether (sulfide) groups is 1. The van der Waals surface area contributed by atoms with E-state index in [0.717, 1.165) is 17.0 Å². The van der Waals surface area contributed by atoms with Crippen LogP contribution in [0.3, 0.4) is 0 Å². The summed E-state index contributed by atoms with van der Waals surface area (Å²) in [6.45, 7) is 7.63. The number of nitrogens with zero attached hydrogens (tertiary/aromatic N) is 2. The zero-order valence-electron chi connectivity index (χ0n) is 12.2. The van der Waals surface area contributed by atoms with Gasteiger partial charge in [0.2, 0.25) is 0 Å². The number of aromatic nitrogens is 3. The Kier molecular flexibility index (Phi) is 4.88. The molecule has 0 radical (unpaired) electrons. The minimum absolute atomic E-state index is 0.112. The monoisotopic (exact) mass is 307 g/mol. The maximum absolute atomic E-state index is 11.8. The first-order valence-electron chi connectivity index (χ1n) is 6.78. The predicted molar refractivity (Wildman–Crippen MR) is 87.1 cm³/mol. The van der Waals surface area contributed by atoms with Gasteiger partial charge in [0.05, 0.1) is 8.07 Å². The van der Waals surface area contributed by atoms with E-state index < -0.39 is 8.07 Å². The van der Waals surface area contributed by atoms with Gasteiger partial charge >= 0.3 is 5.69 Å². The lowest BCUT2D eigenvalue weighted by Crippen LogP contribution is -2.25. The highest BCUT2D eigenvalue weighted by atomic mass is 32.2. The fourth-order valence-corrected chi connectivity index (χ4v) is 4.47. The minimum Gasteiger partial charge on any atom is -0.270 e. The van der Waals surface area contributed by atoms with Crippen LogP contribution >= 0.6 is 11.8 Å². The van der Waals surface area contributed by atoms with Gasteiger partial charge in [0.1, 0.15) is 0 Å². The largest absolute Gasteiger partial charge is 0.343 e. The van der Waals surface area contributed by atoms with E-state index in [0.29, 0.717) is 6.54 Å². The second-order valence-corrected chi connectivity index (χ2v) is 13.0. The summed E-state index contributed by atoms with van der Waals surface area (Å²) in [7, 11) is -1.15. The summed E-state index contributed by atoms with van der Waals surface area (Å²) in [4.78, 5) is 11.8. The van der Waals surface area contributed by atoms with Crippen LogP contribution in [0.4, 0.5) is 0 Å². The van der Waals surface area contributed by atoms with Crippen LogP contribution in [0.25, 0.3) is 0 Å². The number of nitrogens with one attached hydrogen (secondary N) is 1. The van der Waals surface area contributed by atoms with Crippen LogP contribution in [0.5, 0.6) is 0 Å². The van der Waals surface area contributed by atoms with E-state index in [2.05, 4.69) is 42.0 Å². The summed E-state index contributed by atoms with van der Waals surface area (Å²) in [5.74, 6) is 0. The Morgan fingerprint density at radius 2 is 1.95 bits per heavy atom. The lowest BCUT2D eigenvalue weighted by atomic mass is 10.1. The maximum Gasteiger partial charge on any atom is 0.343 e. The van der Waals surface area contributed by atoms with Gasteiger partial charge in [-0.05, 0) is 17.4 Å². The molecule has 20 heavy (non-hydrogen) atoms. The Bertz CT molecular complexity index is 601. The Morgan fingerprint density at radius 3 is 2.60 bits per heavy atom. The standard InChI is InChI=1S/C14H21N3OSSi/c1-20(2,3)11-19-14-16-15-13(18)17(14)10-9-12-7-5-4-6-8-12/h4-8H,9-11H2,1-3H3,(H,15,18). The molecule has 0 unspecified atom stereocenters. The number of benzene rings is 1. The first-order chi connectivity index (χ1) is 9.46. The van der Waals surface area contributed by atoms with Crippen molar-refractivity contribution in [3.05, 3.63) is 46.4 Å². The van der Waals surface area contributed by atoms with Crippen molar-refractivity contribution in [2.75, 3.05) is 5.38 Å². The third-order valence-corrected chi connectivity index (χ3v) is 7.44. The van der Waals surface area contributed by atoms with Gasteiger partial charge < -0.3 is 0 Å². The highest BCUT2D eigenvalue weighted by molar-refractivity contribution is 8.00. The fourth-order valence-electron chi connectivity index (χ4n) is 1.78. The topological polar surface area (TPSA) is 50.7 Å². The Morgan fingerprint density at radius 1 is 1.25 bits per heavy atom. The van der Waals surface area contributed by atoms with Crippen molar-refractivity contribution in [1.29, 1.82) is 0 Å². The van der Waals surface area contributed by atoms with E-state index in [-0.39, 0.29) is 5.69 Å². The van der Waals surface area contributed by atoms with Gasteiger partial charge in [-0.1, -0.05) is 61.7 Å². The van der Waals surface area contributed by atoms with Crippen molar-refractivity contribution in [2.45, 2.75) is 37.8 Å². The van der Waals surface area contributed by atoms with Gasteiger partial charge in [0, 0.05) is 6.54 Å². The summed E-state index contributed by atoms with van der Waals surface area (Å²) < 4.78 is 1.75. The zero-order chi connectivity index (χ0) is 14.6. The Balaban J connectivity index is 2.04. The molecule has 0 aliphatic heterocycles. The summed E-state index contributed by atoms with van der Waals surface area (Å²) in [6.07, 6.45) is 0.848. The van der Waals surface area contributed by atoms with Gasteiger partial charge in [-0.3, -0.25) is 4.57 Å². The lowest BCUT2D eigenvalue weighted by Gasteiger charge is -2.14. The molecule has 0 fully saturated rings. The van der Waals surface area contributed by atoms with Gasteiger partial charge in [-0.2, -0.15) is 0 Å². The lowest BCUT2D eigenvalue weighted by molar-refractivity contribution is 0.616. The maximum atomic E-state index is 11.8. The van der Waals surface area contributed by atoms with Crippen LogP contribution in [-0.4, -0.2) is 28.2 Å². The Labute approximate surface area is 124 Å². The molecule has 108 valence electrons. The molecule has 4 nitrogen and oxygen atoms in total. The zero-order valence-corrected chi connectivity index (χ0v) is 14.0. The molecule has 0 amide bonds. The normalized spacial score (nSPS) is 11.8. The van der Waals surface area contributed by atoms with E-state index in [4.69, 9.17) is 0 Å². The third-order valence-electron chi connectivity index (χ3n) is 2.82. The van der Waals surface area contributed by atoms with E-state index in [1.807, 2.05) is 18.2 Å². The molecule has 0 aliphatic rings. The third kappa shape index (κ3) is 4.38. The molecule has 2 aromatic rings. The van der Waals surface area contributed by atoms with Crippen molar-refractivity contribution in [3.8, 4) is 0 Å². The molecule has 0 bridgehead atoms. The Hall–Kier alpha value is -1.27. The van der Waals surface area contributed by atoms with Gasteiger partial charge in [0.25, 0.3) is 0 Å². The quantitative estimate of drug-likeness (QED) is 0.659. The average molecular weight is 307 g/mol. The molecule has 0 aliphatic carbocycles. The molecule has 0 saturated carbocycles. The molecule has 0 atom stereocenters. The van der Waals surface area contributed by atoms with Crippen molar-refractivity contribution >= 4 is 19.8 Å². The first kappa shape index (κ1) is 15.1. The number of aryl methyl sites for hydroxylation is 1. The number of hydrogen-bond donors (Lipinski definition) is 1. The van der Waals surface area contributed by atoms with E-state index in [1.54, 1.807) is 16.3 Å². The van der Waals surface area contributed by atoms with Gasteiger partial charge in [-0.25, -0.2) is 9.89 Å². The van der Waals surface area contributed by atoms with E-state index >= 15 is 0 Å². The molecule has 2 rings (SSSR count).